The highest BCUT2D eigenvalue weighted by Crippen LogP contribution is 1.96. The Morgan fingerprint density at radius 2 is 2.18 bits per heavy atom. The number of hydrogen-bond acceptors (Lipinski definition) is 2. The zero-order chi connectivity index (χ0) is 8.69. The van der Waals surface area contributed by atoms with E-state index in [-0.39, 0.29) is 5.78 Å². The Labute approximate surface area is 67.8 Å². The fraction of sp³-hybridized carbons (Fsp3) is 0.444. The van der Waals surface area contributed by atoms with Crippen LogP contribution in [0, 0.1) is 0 Å². The van der Waals surface area contributed by atoms with Gasteiger partial charge in [0.05, 0.1) is 0 Å². The normalized spacial score (nSPS) is 10.4. The van der Waals surface area contributed by atoms with E-state index in [1.165, 1.54) is 0 Å². The number of rotatable bonds is 5. The van der Waals surface area contributed by atoms with Crippen molar-refractivity contribution in [3.05, 3.63) is 24.3 Å². The second kappa shape index (κ2) is 5.86. The second-order valence-electron chi connectivity index (χ2n) is 2.46. The van der Waals surface area contributed by atoms with Gasteiger partial charge in [-0.15, -0.1) is 0 Å². The van der Waals surface area contributed by atoms with Crippen molar-refractivity contribution in [2.45, 2.75) is 19.8 Å². The Morgan fingerprint density at radius 1 is 1.55 bits per heavy atom. The third-order valence-corrected chi connectivity index (χ3v) is 1.28. The predicted molar refractivity (Wildman–Crippen MR) is 47.2 cm³/mol. The summed E-state index contributed by atoms with van der Waals surface area (Å²) in [5.74, 6) is 0.0956. The lowest BCUT2D eigenvalue weighted by atomic mass is 10.1. The third kappa shape index (κ3) is 5.55. The van der Waals surface area contributed by atoms with Crippen molar-refractivity contribution in [1.82, 2.24) is 0 Å². The summed E-state index contributed by atoms with van der Waals surface area (Å²) >= 11 is 0. The number of Topliss-reactive ketones (excluding diaryl/α,β-unsaturated/α-hetero) is 1. The van der Waals surface area contributed by atoms with E-state index in [1.807, 2.05) is 12.2 Å². The van der Waals surface area contributed by atoms with Crippen molar-refractivity contribution >= 4 is 5.78 Å². The van der Waals surface area contributed by atoms with E-state index in [2.05, 4.69) is 6.58 Å². The van der Waals surface area contributed by atoms with Gasteiger partial charge < -0.3 is 5.73 Å². The van der Waals surface area contributed by atoms with Crippen LogP contribution in [-0.4, -0.2) is 12.3 Å². The molecule has 0 rings (SSSR count). The van der Waals surface area contributed by atoms with Gasteiger partial charge in [0.2, 0.25) is 0 Å². The van der Waals surface area contributed by atoms with E-state index in [1.54, 1.807) is 6.92 Å². The molecule has 0 aromatic carbocycles. The van der Waals surface area contributed by atoms with Crippen molar-refractivity contribution in [2.24, 2.45) is 5.73 Å². The van der Waals surface area contributed by atoms with Crippen molar-refractivity contribution in [1.29, 1.82) is 0 Å². The van der Waals surface area contributed by atoms with E-state index >= 15 is 0 Å². The SMILES string of the molecule is C=C(C)C(=O)C/C=C/CCN. The molecule has 0 atom stereocenters. The molecule has 0 heterocycles. The lowest BCUT2D eigenvalue weighted by Gasteiger charge is -1.91. The Bertz CT molecular complexity index is 170. The molecule has 2 heteroatoms. The van der Waals surface area contributed by atoms with Crippen LogP contribution in [0.15, 0.2) is 24.3 Å². The summed E-state index contributed by atoms with van der Waals surface area (Å²) in [7, 11) is 0. The Balaban J connectivity index is 3.53. The van der Waals surface area contributed by atoms with Crippen LogP contribution in [0.25, 0.3) is 0 Å². The maximum absolute atomic E-state index is 10.9. The van der Waals surface area contributed by atoms with Gasteiger partial charge in [-0.1, -0.05) is 18.7 Å². The molecule has 0 aliphatic heterocycles. The van der Waals surface area contributed by atoms with Crippen LogP contribution in [-0.2, 0) is 4.79 Å². The van der Waals surface area contributed by atoms with Gasteiger partial charge in [-0.3, -0.25) is 4.79 Å². The molecule has 0 saturated heterocycles. The van der Waals surface area contributed by atoms with Crippen LogP contribution in [0.1, 0.15) is 19.8 Å². The zero-order valence-corrected chi connectivity index (χ0v) is 6.97. The molecule has 0 radical (unpaired) electrons. The van der Waals surface area contributed by atoms with Crippen molar-refractivity contribution in [3.8, 4) is 0 Å². The average molecular weight is 153 g/mol. The summed E-state index contributed by atoms with van der Waals surface area (Å²) in [6, 6.07) is 0. The van der Waals surface area contributed by atoms with Crippen LogP contribution in [0.3, 0.4) is 0 Å². The topological polar surface area (TPSA) is 43.1 Å². The number of carbonyl (C=O) groups excluding carboxylic acids is 1. The molecule has 0 aliphatic rings. The average Bonchev–Trinajstić information content (AvgIpc) is 1.97. The highest BCUT2D eigenvalue weighted by molar-refractivity contribution is 5.94. The van der Waals surface area contributed by atoms with Crippen molar-refractivity contribution in [2.75, 3.05) is 6.54 Å². The summed E-state index contributed by atoms with van der Waals surface area (Å²) in [5.41, 5.74) is 5.86. The highest BCUT2D eigenvalue weighted by atomic mass is 16.1. The lowest BCUT2D eigenvalue weighted by Crippen LogP contribution is -1.97. The van der Waals surface area contributed by atoms with E-state index in [0.29, 0.717) is 18.5 Å². The Morgan fingerprint density at radius 3 is 2.64 bits per heavy atom. The number of carbonyl (C=O) groups is 1. The van der Waals surface area contributed by atoms with Gasteiger partial charge in [-0.2, -0.15) is 0 Å². The fourth-order valence-corrected chi connectivity index (χ4v) is 0.579. The van der Waals surface area contributed by atoms with Gasteiger partial charge >= 0.3 is 0 Å². The van der Waals surface area contributed by atoms with Crippen LogP contribution < -0.4 is 5.73 Å². The summed E-state index contributed by atoms with van der Waals surface area (Å²) in [6.07, 6.45) is 5.05. The molecule has 2 nitrogen and oxygen atoms in total. The van der Waals surface area contributed by atoms with E-state index < -0.39 is 0 Å². The van der Waals surface area contributed by atoms with Gasteiger partial charge in [0.15, 0.2) is 5.78 Å². The van der Waals surface area contributed by atoms with Gasteiger partial charge in [-0.25, -0.2) is 0 Å². The predicted octanol–water partition coefficient (Wildman–Crippen LogP) is 1.43. The Kier molecular flexibility index (Phi) is 5.39. The van der Waals surface area contributed by atoms with Gasteiger partial charge in [0.1, 0.15) is 0 Å². The molecular weight excluding hydrogens is 138 g/mol. The monoisotopic (exact) mass is 153 g/mol. The van der Waals surface area contributed by atoms with Gasteiger partial charge in [-0.05, 0) is 25.5 Å². The van der Waals surface area contributed by atoms with Gasteiger partial charge in [0, 0.05) is 6.42 Å². The minimum absolute atomic E-state index is 0.0956. The molecule has 62 valence electrons. The first-order valence-corrected chi connectivity index (χ1v) is 3.72. The maximum Gasteiger partial charge on any atom is 0.161 e. The largest absolute Gasteiger partial charge is 0.330 e. The molecule has 0 bridgehead atoms. The van der Waals surface area contributed by atoms with Crippen molar-refractivity contribution in [3.63, 3.8) is 0 Å². The molecule has 0 aromatic heterocycles. The summed E-state index contributed by atoms with van der Waals surface area (Å²) in [5, 5.41) is 0. The number of allylic oxidation sites excluding steroid dienone is 2. The second-order valence-corrected chi connectivity index (χ2v) is 2.46. The molecule has 0 spiro atoms. The minimum atomic E-state index is 0.0956. The number of nitrogens with two attached hydrogens (primary N) is 1. The third-order valence-electron chi connectivity index (χ3n) is 1.28. The first kappa shape index (κ1) is 10.1. The van der Waals surface area contributed by atoms with E-state index in [4.69, 9.17) is 5.73 Å². The molecular formula is C9H15NO. The smallest absolute Gasteiger partial charge is 0.161 e. The van der Waals surface area contributed by atoms with Crippen molar-refractivity contribution < 1.29 is 4.79 Å². The maximum atomic E-state index is 10.9. The molecule has 0 aromatic rings. The van der Waals surface area contributed by atoms with Crippen LogP contribution in [0.4, 0.5) is 0 Å². The molecule has 0 fully saturated rings. The van der Waals surface area contributed by atoms with Crippen LogP contribution in [0.5, 0.6) is 0 Å². The molecule has 2 N–H and O–H groups in total. The summed E-state index contributed by atoms with van der Waals surface area (Å²) < 4.78 is 0. The summed E-state index contributed by atoms with van der Waals surface area (Å²) in [6.45, 7) is 5.90. The zero-order valence-electron chi connectivity index (χ0n) is 6.97. The molecule has 0 unspecified atom stereocenters. The standard InChI is InChI=1S/C9H15NO/c1-8(2)9(11)6-4-3-5-7-10/h3-4H,1,5-7,10H2,2H3/b4-3+. The number of hydrogen-bond donors (Lipinski definition) is 1. The molecule has 0 saturated carbocycles. The Hall–Kier alpha value is -0.890. The minimum Gasteiger partial charge on any atom is -0.330 e. The number of ketones is 1. The molecule has 0 aliphatic carbocycles. The van der Waals surface area contributed by atoms with E-state index in [9.17, 15) is 4.79 Å². The van der Waals surface area contributed by atoms with Gasteiger partial charge in [0.25, 0.3) is 0 Å². The molecule has 11 heavy (non-hydrogen) atoms. The summed E-state index contributed by atoms with van der Waals surface area (Å²) in [4.78, 5) is 10.9. The fourth-order valence-electron chi connectivity index (χ4n) is 0.579. The lowest BCUT2D eigenvalue weighted by molar-refractivity contribution is -0.114. The van der Waals surface area contributed by atoms with E-state index in [0.717, 1.165) is 6.42 Å². The van der Waals surface area contributed by atoms with Crippen LogP contribution in [0.2, 0.25) is 0 Å². The van der Waals surface area contributed by atoms with Crippen LogP contribution >= 0.6 is 0 Å². The first-order valence-electron chi connectivity index (χ1n) is 3.72. The highest BCUT2D eigenvalue weighted by Gasteiger charge is 1.96. The molecule has 0 amide bonds. The quantitative estimate of drug-likeness (QED) is 0.479. The first-order chi connectivity index (χ1) is 5.18.